The van der Waals surface area contributed by atoms with Crippen molar-refractivity contribution >= 4 is 11.8 Å². The SMILES string of the molecule is CC1(C)CC2(CN(CCCN3CCC(O)CC3)C(=O)N2)C2C(=O)C([N+](=O)[O-])=CC=C2O1. The van der Waals surface area contributed by atoms with Crippen LogP contribution in [-0.2, 0) is 9.53 Å². The molecule has 2 atom stereocenters. The minimum atomic E-state index is -0.938. The molecule has 3 aliphatic heterocycles. The number of piperidine rings is 1. The summed E-state index contributed by atoms with van der Waals surface area (Å²) in [4.78, 5) is 40.5. The summed E-state index contributed by atoms with van der Waals surface area (Å²) in [5.41, 5.74) is -2.04. The summed E-state index contributed by atoms with van der Waals surface area (Å²) in [7, 11) is 0. The number of nitro groups is 1. The first-order valence-corrected chi connectivity index (χ1v) is 10.9. The Hall–Kier alpha value is -2.46. The van der Waals surface area contributed by atoms with Crippen LogP contribution in [0.15, 0.2) is 23.6 Å². The summed E-state index contributed by atoms with van der Waals surface area (Å²) in [6.45, 7) is 7.15. The molecule has 3 saturated heterocycles. The Labute approximate surface area is 181 Å². The number of nitrogens with zero attached hydrogens (tertiary/aromatic N) is 3. The predicted molar refractivity (Wildman–Crippen MR) is 111 cm³/mol. The number of hydrogen-bond acceptors (Lipinski definition) is 7. The molecule has 0 aromatic heterocycles. The van der Waals surface area contributed by atoms with Gasteiger partial charge in [-0.2, -0.15) is 0 Å². The molecule has 0 bridgehead atoms. The van der Waals surface area contributed by atoms with E-state index in [2.05, 4.69) is 10.2 Å². The van der Waals surface area contributed by atoms with Crippen LogP contribution >= 0.6 is 0 Å². The standard InChI is InChI=1S/C21H30N4O6/c1-20(2)12-21(17-16(31-20)5-4-15(18(17)27)25(29)30)13-24(19(28)22-21)9-3-8-23-10-6-14(26)7-11-23/h4-5,14,17,26H,3,6-13H2,1-2H3,(H,22,28). The molecule has 2 unspecified atom stereocenters. The smallest absolute Gasteiger partial charge is 0.318 e. The minimum absolute atomic E-state index is 0.217. The molecule has 31 heavy (non-hydrogen) atoms. The highest BCUT2D eigenvalue weighted by molar-refractivity contribution is 6.00. The average molecular weight is 434 g/mol. The van der Waals surface area contributed by atoms with E-state index in [1.165, 1.54) is 12.2 Å². The number of rotatable bonds is 5. The molecule has 3 heterocycles. The lowest BCUT2D eigenvalue weighted by molar-refractivity contribution is -0.419. The number of amides is 2. The third-order valence-electron chi connectivity index (χ3n) is 6.66. The largest absolute Gasteiger partial charge is 0.491 e. The van der Waals surface area contributed by atoms with Crippen LogP contribution in [0.4, 0.5) is 4.79 Å². The number of aliphatic hydroxyl groups is 1. The van der Waals surface area contributed by atoms with Crippen molar-refractivity contribution in [3.8, 4) is 0 Å². The maximum Gasteiger partial charge on any atom is 0.318 e. The lowest BCUT2D eigenvalue weighted by atomic mass is 9.69. The van der Waals surface area contributed by atoms with E-state index >= 15 is 0 Å². The van der Waals surface area contributed by atoms with Gasteiger partial charge < -0.3 is 25.0 Å². The van der Waals surface area contributed by atoms with Gasteiger partial charge in [0.1, 0.15) is 17.3 Å². The van der Waals surface area contributed by atoms with Crippen molar-refractivity contribution in [2.45, 2.75) is 56.8 Å². The number of carbonyl (C=O) groups is 2. The van der Waals surface area contributed by atoms with Gasteiger partial charge in [-0.1, -0.05) is 0 Å². The normalized spacial score (nSPS) is 31.1. The number of aliphatic hydroxyl groups excluding tert-OH is 1. The fourth-order valence-corrected chi connectivity index (χ4v) is 5.42. The lowest BCUT2D eigenvalue weighted by Gasteiger charge is -2.48. The Bertz CT molecular complexity index is 845. The lowest BCUT2D eigenvalue weighted by Crippen LogP contribution is -2.62. The number of Topliss-reactive ketones (excluding diaryl/α,β-unsaturated/α-hetero) is 1. The fraction of sp³-hybridized carbons (Fsp3) is 0.714. The molecule has 10 nitrogen and oxygen atoms in total. The molecule has 10 heteroatoms. The molecule has 4 rings (SSSR count). The van der Waals surface area contributed by atoms with Gasteiger partial charge in [-0.15, -0.1) is 0 Å². The molecule has 0 radical (unpaired) electrons. The molecule has 0 aromatic carbocycles. The van der Waals surface area contributed by atoms with Crippen LogP contribution in [0.3, 0.4) is 0 Å². The van der Waals surface area contributed by atoms with Crippen molar-refractivity contribution in [1.29, 1.82) is 0 Å². The van der Waals surface area contributed by atoms with E-state index in [1.807, 2.05) is 13.8 Å². The molecule has 2 N–H and O–H groups in total. The maximum atomic E-state index is 13.0. The molecular weight excluding hydrogens is 404 g/mol. The van der Waals surface area contributed by atoms with Gasteiger partial charge in [-0.3, -0.25) is 14.9 Å². The third-order valence-corrected chi connectivity index (χ3v) is 6.66. The second-order valence-corrected chi connectivity index (χ2v) is 9.65. The molecular formula is C21H30N4O6. The molecule has 0 aromatic rings. The van der Waals surface area contributed by atoms with Crippen molar-refractivity contribution in [2.75, 3.05) is 32.7 Å². The van der Waals surface area contributed by atoms with Gasteiger partial charge in [0.05, 0.1) is 16.6 Å². The van der Waals surface area contributed by atoms with Gasteiger partial charge >= 0.3 is 11.7 Å². The Morgan fingerprint density at radius 1 is 1.26 bits per heavy atom. The van der Waals surface area contributed by atoms with Crippen LogP contribution in [-0.4, -0.2) is 81.6 Å². The molecule has 170 valence electrons. The average Bonchev–Trinajstić information content (AvgIpc) is 2.97. The van der Waals surface area contributed by atoms with Crippen LogP contribution in [0.1, 0.15) is 39.5 Å². The van der Waals surface area contributed by atoms with Crippen LogP contribution in [0.25, 0.3) is 0 Å². The number of allylic oxidation sites excluding steroid dienone is 3. The highest BCUT2D eigenvalue weighted by Gasteiger charge is 2.60. The van der Waals surface area contributed by atoms with Crippen molar-refractivity contribution in [3.05, 3.63) is 33.7 Å². The van der Waals surface area contributed by atoms with Gasteiger partial charge in [0.2, 0.25) is 5.78 Å². The first-order chi connectivity index (χ1) is 14.6. The fourth-order valence-electron chi connectivity index (χ4n) is 5.42. The summed E-state index contributed by atoms with van der Waals surface area (Å²) < 4.78 is 5.98. The number of nitrogens with one attached hydrogen (secondary N) is 1. The topological polar surface area (TPSA) is 125 Å². The number of carbonyl (C=O) groups excluding carboxylic acids is 2. The van der Waals surface area contributed by atoms with Crippen molar-refractivity contribution in [1.82, 2.24) is 15.1 Å². The third kappa shape index (κ3) is 4.18. The zero-order valence-corrected chi connectivity index (χ0v) is 18.0. The monoisotopic (exact) mass is 434 g/mol. The Morgan fingerprint density at radius 3 is 2.65 bits per heavy atom. The number of fused-ring (bicyclic) bond motifs is 2. The van der Waals surface area contributed by atoms with Crippen LogP contribution in [0.5, 0.6) is 0 Å². The number of ether oxygens (including phenoxy) is 1. The summed E-state index contributed by atoms with van der Waals surface area (Å²) in [6.07, 6.45) is 5.16. The van der Waals surface area contributed by atoms with Gasteiger partial charge in [0.15, 0.2) is 0 Å². The van der Waals surface area contributed by atoms with Crippen molar-refractivity contribution in [3.63, 3.8) is 0 Å². The zero-order valence-electron chi connectivity index (χ0n) is 18.0. The minimum Gasteiger partial charge on any atom is -0.491 e. The predicted octanol–water partition coefficient (Wildman–Crippen LogP) is 1.04. The van der Waals surface area contributed by atoms with E-state index < -0.39 is 33.5 Å². The summed E-state index contributed by atoms with van der Waals surface area (Å²) in [5, 5.41) is 24.0. The Morgan fingerprint density at radius 2 is 1.97 bits per heavy atom. The van der Waals surface area contributed by atoms with Gasteiger partial charge in [-0.25, -0.2) is 4.79 Å². The molecule has 2 amide bonds. The molecule has 0 saturated carbocycles. The van der Waals surface area contributed by atoms with Crippen LogP contribution < -0.4 is 5.32 Å². The number of likely N-dealkylation sites (tertiary alicyclic amines) is 1. The van der Waals surface area contributed by atoms with E-state index in [0.717, 1.165) is 38.9 Å². The highest BCUT2D eigenvalue weighted by Crippen LogP contribution is 2.46. The first kappa shape index (κ1) is 21.8. The van der Waals surface area contributed by atoms with E-state index in [-0.39, 0.29) is 12.1 Å². The van der Waals surface area contributed by atoms with E-state index in [1.54, 1.807) is 4.90 Å². The summed E-state index contributed by atoms with van der Waals surface area (Å²) >= 11 is 0. The first-order valence-electron chi connectivity index (χ1n) is 10.9. The van der Waals surface area contributed by atoms with Crippen molar-refractivity contribution < 1.29 is 24.4 Å². The van der Waals surface area contributed by atoms with E-state index in [0.29, 0.717) is 25.3 Å². The molecule has 3 fully saturated rings. The van der Waals surface area contributed by atoms with Gasteiger partial charge in [0.25, 0.3) is 0 Å². The summed E-state index contributed by atoms with van der Waals surface area (Å²) in [5.74, 6) is -1.14. The number of hydrogen-bond donors (Lipinski definition) is 2. The molecule has 1 aliphatic carbocycles. The van der Waals surface area contributed by atoms with Crippen molar-refractivity contribution in [2.24, 2.45) is 5.92 Å². The summed E-state index contributed by atoms with van der Waals surface area (Å²) in [6, 6.07) is -0.254. The number of urea groups is 1. The Balaban J connectivity index is 1.48. The maximum absolute atomic E-state index is 13.0. The zero-order chi connectivity index (χ0) is 22.4. The molecule has 1 spiro atoms. The number of ketones is 1. The van der Waals surface area contributed by atoms with Crippen LogP contribution in [0, 0.1) is 16.0 Å². The quantitative estimate of drug-likeness (QED) is 0.489. The van der Waals surface area contributed by atoms with Gasteiger partial charge in [0, 0.05) is 38.7 Å². The van der Waals surface area contributed by atoms with Gasteiger partial charge in [-0.05, 0) is 45.7 Å². The Kier molecular flexibility index (Phi) is 5.55. The van der Waals surface area contributed by atoms with E-state index in [9.17, 15) is 24.8 Å². The second kappa shape index (κ2) is 7.90. The van der Waals surface area contributed by atoms with E-state index in [4.69, 9.17) is 4.74 Å². The molecule has 4 aliphatic rings. The van der Waals surface area contributed by atoms with Crippen LogP contribution in [0.2, 0.25) is 0 Å². The second-order valence-electron chi connectivity index (χ2n) is 9.65. The highest BCUT2D eigenvalue weighted by atomic mass is 16.6.